The van der Waals surface area contributed by atoms with Crippen LogP contribution >= 0.6 is 0 Å². The van der Waals surface area contributed by atoms with E-state index in [2.05, 4.69) is 6.92 Å². The summed E-state index contributed by atoms with van der Waals surface area (Å²) in [6, 6.07) is 3.95. The lowest BCUT2D eigenvalue weighted by atomic mass is 9.72. The first-order valence-corrected chi connectivity index (χ1v) is 9.17. The Morgan fingerprint density at radius 3 is 2.46 bits per heavy atom. The quantitative estimate of drug-likeness (QED) is 0.732. The van der Waals surface area contributed by atoms with Gasteiger partial charge < -0.3 is 9.47 Å². The molecule has 0 aliphatic heterocycles. The Hall–Kier alpha value is -2.36. The Labute approximate surface area is 154 Å². The second-order valence-corrected chi connectivity index (χ2v) is 7.32. The fourth-order valence-electron chi connectivity index (χ4n) is 4.17. The molecule has 2 aliphatic rings. The maximum atomic E-state index is 12.6. The molecule has 0 saturated carbocycles. The summed E-state index contributed by atoms with van der Waals surface area (Å²) in [7, 11) is 0. The van der Waals surface area contributed by atoms with Gasteiger partial charge >= 0.3 is 0 Å². The van der Waals surface area contributed by atoms with Crippen LogP contribution in [0, 0.1) is 5.92 Å². The van der Waals surface area contributed by atoms with Crippen molar-refractivity contribution in [2.75, 3.05) is 6.61 Å². The van der Waals surface area contributed by atoms with Crippen LogP contribution in [-0.4, -0.2) is 24.3 Å². The van der Waals surface area contributed by atoms with E-state index < -0.39 is 5.92 Å². The molecule has 0 fully saturated rings. The monoisotopic (exact) mass is 354 g/mol. The highest BCUT2D eigenvalue weighted by Crippen LogP contribution is 2.53. The second kappa shape index (κ2) is 6.75. The van der Waals surface area contributed by atoms with Crippen molar-refractivity contribution in [1.29, 1.82) is 0 Å². The fraction of sp³-hybridized carbons (Fsp3) is 0.455. The summed E-state index contributed by atoms with van der Waals surface area (Å²) in [5.74, 6) is 0.276. The third-order valence-corrected chi connectivity index (χ3v) is 5.09. The van der Waals surface area contributed by atoms with E-state index in [0.717, 1.165) is 27.8 Å². The summed E-state index contributed by atoms with van der Waals surface area (Å²) in [4.78, 5) is 24.8. The van der Waals surface area contributed by atoms with Gasteiger partial charge in [-0.05, 0) is 87.6 Å². The standard InChI is InChI=1S/C22H26O4/c1-7-25-18-10-16-15(9-19(18)26-11(2)3)13(5)20-12(4)8-17(24)21(14(6)23)22(16)20/h8-11,21-22H,7H2,1-6H3. The Kier molecular flexibility index (Phi) is 4.78. The lowest BCUT2D eigenvalue weighted by Gasteiger charge is -2.28. The van der Waals surface area contributed by atoms with Crippen molar-refractivity contribution in [2.45, 2.75) is 53.6 Å². The van der Waals surface area contributed by atoms with Gasteiger partial charge in [0.05, 0.1) is 18.6 Å². The van der Waals surface area contributed by atoms with Gasteiger partial charge in [-0.1, -0.05) is 0 Å². The molecule has 2 aliphatic carbocycles. The number of Topliss-reactive ketones (excluding diaryl/α,β-unsaturated/α-hetero) is 1. The molecule has 0 bridgehead atoms. The fourth-order valence-corrected chi connectivity index (χ4v) is 4.17. The van der Waals surface area contributed by atoms with E-state index in [9.17, 15) is 9.59 Å². The van der Waals surface area contributed by atoms with Crippen molar-refractivity contribution < 1.29 is 19.1 Å². The Morgan fingerprint density at radius 1 is 1.19 bits per heavy atom. The number of carbonyl (C=O) groups excluding carboxylic acids is 2. The Bertz CT molecular complexity index is 842. The number of rotatable bonds is 5. The maximum absolute atomic E-state index is 12.6. The van der Waals surface area contributed by atoms with Crippen molar-refractivity contribution in [3.63, 3.8) is 0 Å². The van der Waals surface area contributed by atoms with Crippen LogP contribution < -0.4 is 9.47 Å². The zero-order valence-corrected chi connectivity index (χ0v) is 16.3. The summed E-state index contributed by atoms with van der Waals surface area (Å²) in [5.41, 5.74) is 5.16. The van der Waals surface area contributed by atoms with Crippen molar-refractivity contribution in [1.82, 2.24) is 0 Å². The summed E-state index contributed by atoms with van der Waals surface area (Å²) < 4.78 is 11.8. The van der Waals surface area contributed by atoms with E-state index >= 15 is 0 Å². The molecule has 2 unspecified atom stereocenters. The molecular formula is C22H26O4. The molecule has 0 spiro atoms. The molecule has 0 radical (unpaired) electrons. The predicted molar refractivity (Wildman–Crippen MR) is 102 cm³/mol. The first-order chi connectivity index (χ1) is 12.3. The van der Waals surface area contributed by atoms with E-state index in [1.807, 2.05) is 39.8 Å². The van der Waals surface area contributed by atoms with E-state index in [1.165, 1.54) is 6.92 Å². The largest absolute Gasteiger partial charge is 0.490 e. The predicted octanol–water partition coefficient (Wildman–Crippen LogP) is 4.48. The summed E-state index contributed by atoms with van der Waals surface area (Å²) in [6.07, 6.45) is 1.64. The number of carbonyl (C=O) groups is 2. The molecule has 0 aromatic heterocycles. The summed E-state index contributed by atoms with van der Waals surface area (Å²) in [6.45, 7) is 11.9. The van der Waals surface area contributed by atoms with Gasteiger partial charge in [0.1, 0.15) is 5.78 Å². The lowest BCUT2D eigenvalue weighted by Crippen LogP contribution is -2.31. The third-order valence-electron chi connectivity index (χ3n) is 5.09. The second-order valence-electron chi connectivity index (χ2n) is 7.32. The topological polar surface area (TPSA) is 52.6 Å². The molecule has 1 aromatic carbocycles. The van der Waals surface area contributed by atoms with Gasteiger partial charge in [-0.3, -0.25) is 9.59 Å². The molecule has 0 heterocycles. The van der Waals surface area contributed by atoms with Crippen LogP contribution in [0.15, 0.2) is 29.4 Å². The van der Waals surface area contributed by atoms with Crippen molar-refractivity contribution >= 4 is 17.1 Å². The molecule has 1 aromatic rings. The lowest BCUT2D eigenvalue weighted by molar-refractivity contribution is -0.129. The van der Waals surface area contributed by atoms with Crippen LogP contribution in [0.4, 0.5) is 0 Å². The number of hydrogen-bond donors (Lipinski definition) is 0. The number of ether oxygens (including phenoxy) is 2. The van der Waals surface area contributed by atoms with Gasteiger partial charge in [0, 0.05) is 5.92 Å². The zero-order valence-electron chi connectivity index (χ0n) is 16.3. The van der Waals surface area contributed by atoms with Gasteiger partial charge in [0.25, 0.3) is 0 Å². The molecule has 138 valence electrons. The van der Waals surface area contributed by atoms with E-state index in [0.29, 0.717) is 18.1 Å². The Balaban J connectivity index is 2.22. The van der Waals surface area contributed by atoms with Gasteiger partial charge in [0.15, 0.2) is 17.3 Å². The molecular weight excluding hydrogens is 328 g/mol. The third kappa shape index (κ3) is 2.87. The minimum atomic E-state index is -0.656. The molecule has 4 heteroatoms. The smallest absolute Gasteiger partial charge is 0.167 e. The molecule has 0 saturated heterocycles. The van der Waals surface area contributed by atoms with Gasteiger partial charge in [-0.15, -0.1) is 0 Å². The zero-order chi connectivity index (χ0) is 19.2. The number of fused-ring (bicyclic) bond motifs is 3. The summed E-state index contributed by atoms with van der Waals surface area (Å²) in [5, 5.41) is 0. The van der Waals surface area contributed by atoms with Crippen molar-refractivity contribution in [2.24, 2.45) is 5.92 Å². The highest BCUT2D eigenvalue weighted by molar-refractivity contribution is 6.11. The minimum Gasteiger partial charge on any atom is -0.490 e. The van der Waals surface area contributed by atoms with E-state index in [4.69, 9.17) is 9.47 Å². The summed E-state index contributed by atoms with van der Waals surface area (Å²) >= 11 is 0. The van der Waals surface area contributed by atoms with Gasteiger partial charge in [-0.25, -0.2) is 0 Å². The van der Waals surface area contributed by atoms with Gasteiger partial charge in [-0.2, -0.15) is 0 Å². The molecule has 0 N–H and O–H groups in total. The number of hydrogen-bond acceptors (Lipinski definition) is 4. The minimum absolute atomic E-state index is 0.0251. The van der Waals surface area contributed by atoms with Gasteiger partial charge in [0.2, 0.25) is 0 Å². The van der Waals surface area contributed by atoms with E-state index in [1.54, 1.807) is 6.08 Å². The highest BCUT2D eigenvalue weighted by Gasteiger charge is 2.44. The first kappa shape index (κ1) is 18.4. The number of benzene rings is 1. The van der Waals surface area contributed by atoms with Crippen LogP contribution in [0.1, 0.15) is 58.6 Å². The average molecular weight is 354 g/mol. The number of ketones is 2. The van der Waals surface area contributed by atoms with Crippen LogP contribution in [0.25, 0.3) is 5.57 Å². The van der Waals surface area contributed by atoms with Crippen molar-refractivity contribution in [3.8, 4) is 11.5 Å². The molecule has 3 rings (SSSR count). The normalized spacial score (nSPS) is 21.5. The molecule has 26 heavy (non-hydrogen) atoms. The van der Waals surface area contributed by atoms with Crippen LogP contribution in [-0.2, 0) is 9.59 Å². The maximum Gasteiger partial charge on any atom is 0.167 e. The van der Waals surface area contributed by atoms with E-state index in [-0.39, 0.29) is 23.6 Å². The first-order valence-electron chi connectivity index (χ1n) is 9.17. The Morgan fingerprint density at radius 2 is 1.88 bits per heavy atom. The SMILES string of the molecule is CCOc1cc2c(cc1OC(C)C)C(C)=C1C(C)=CC(=O)C(C(C)=O)C12. The van der Waals surface area contributed by atoms with Crippen LogP contribution in [0.5, 0.6) is 11.5 Å². The average Bonchev–Trinajstić information content (AvgIpc) is 2.80. The van der Waals surface area contributed by atoms with Crippen molar-refractivity contribution in [3.05, 3.63) is 40.5 Å². The van der Waals surface area contributed by atoms with Crippen LogP contribution in [0.2, 0.25) is 0 Å². The highest BCUT2D eigenvalue weighted by atomic mass is 16.5. The molecule has 4 nitrogen and oxygen atoms in total. The molecule has 0 amide bonds. The van der Waals surface area contributed by atoms with Crippen LogP contribution in [0.3, 0.4) is 0 Å². The number of allylic oxidation sites excluding steroid dienone is 4. The molecule has 2 atom stereocenters.